The van der Waals surface area contributed by atoms with E-state index in [0.29, 0.717) is 11.6 Å². The molecule has 5 heteroatoms. The number of anilines is 2. The van der Waals surface area contributed by atoms with Crippen LogP contribution in [0.3, 0.4) is 0 Å². The molecule has 2 rings (SSSR count). The maximum atomic E-state index is 11.5. The SMILES string of the molecule is CC(C)(C)C1CCN(c2ccc(S(C)(=O)=O)cc2N)C1. The van der Waals surface area contributed by atoms with Crippen LogP contribution in [0.1, 0.15) is 27.2 Å². The van der Waals surface area contributed by atoms with Gasteiger partial charge in [0.25, 0.3) is 0 Å². The first-order chi connectivity index (χ1) is 9.09. The smallest absolute Gasteiger partial charge is 0.175 e. The standard InChI is InChI=1S/C15H24N2O2S/c1-15(2,3)11-7-8-17(10-11)14-6-5-12(9-13(14)16)20(4,18)19/h5-6,9,11H,7-8,10,16H2,1-4H3. The summed E-state index contributed by atoms with van der Waals surface area (Å²) >= 11 is 0. The second-order valence-electron chi connectivity index (χ2n) is 6.79. The molecule has 0 aromatic heterocycles. The maximum absolute atomic E-state index is 11.5. The van der Waals surface area contributed by atoms with E-state index in [-0.39, 0.29) is 10.3 Å². The number of nitrogens with two attached hydrogens (primary N) is 1. The Labute approximate surface area is 121 Å². The van der Waals surface area contributed by atoms with E-state index < -0.39 is 9.84 Å². The van der Waals surface area contributed by atoms with Crippen LogP contribution in [0.4, 0.5) is 11.4 Å². The fourth-order valence-corrected chi connectivity index (χ4v) is 3.39. The van der Waals surface area contributed by atoms with E-state index in [1.54, 1.807) is 12.1 Å². The van der Waals surface area contributed by atoms with Crippen LogP contribution in [0.25, 0.3) is 0 Å². The van der Waals surface area contributed by atoms with Gasteiger partial charge in [-0.1, -0.05) is 20.8 Å². The average molecular weight is 296 g/mol. The molecule has 0 aliphatic carbocycles. The summed E-state index contributed by atoms with van der Waals surface area (Å²) in [5.74, 6) is 0.636. The number of hydrogen-bond acceptors (Lipinski definition) is 4. The molecule has 1 fully saturated rings. The minimum atomic E-state index is -3.20. The van der Waals surface area contributed by atoms with Crippen molar-refractivity contribution in [1.29, 1.82) is 0 Å². The molecule has 1 unspecified atom stereocenters. The van der Waals surface area contributed by atoms with E-state index in [1.807, 2.05) is 6.07 Å². The summed E-state index contributed by atoms with van der Waals surface area (Å²) in [6.07, 6.45) is 2.35. The summed E-state index contributed by atoms with van der Waals surface area (Å²) < 4.78 is 23.1. The monoisotopic (exact) mass is 296 g/mol. The number of sulfone groups is 1. The zero-order valence-electron chi connectivity index (χ0n) is 12.7. The van der Waals surface area contributed by atoms with Gasteiger partial charge in [0.1, 0.15) is 0 Å². The van der Waals surface area contributed by atoms with Crippen LogP contribution in [0.2, 0.25) is 0 Å². The molecule has 0 amide bonds. The lowest BCUT2D eigenvalue weighted by molar-refractivity contribution is 0.263. The van der Waals surface area contributed by atoms with E-state index >= 15 is 0 Å². The van der Waals surface area contributed by atoms with Crippen LogP contribution in [0.15, 0.2) is 23.1 Å². The molecule has 0 radical (unpaired) electrons. The molecule has 1 aliphatic heterocycles. The average Bonchev–Trinajstić information content (AvgIpc) is 2.76. The number of hydrogen-bond donors (Lipinski definition) is 1. The lowest BCUT2D eigenvalue weighted by atomic mass is 9.80. The molecule has 1 aromatic rings. The Kier molecular flexibility index (Phi) is 3.75. The number of nitrogens with zero attached hydrogens (tertiary/aromatic N) is 1. The van der Waals surface area contributed by atoms with Crippen molar-refractivity contribution in [1.82, 2.24) is 0 Å². The lowest BCUT2D eigenvalue weighted by Crippen LogP contribution is -2.26. The third-order valence-corrected chi connectivity index (χ3v) is 5.29. The van der Waals surface area contributed by atoms with Gasteiger partial charge in [-0.25, -0.2) is 8.42 Å². The van der Waals surface area contributed by atoms with Gasteiger partial charge in [-0.3, -0.25) is 0 Å². The quantitative estimate of drug-likeness (QED) is 0.852. The van der Waals surface area contributed by atoms with Crippen LogP contribution < -0.4 is 10.6 Å². The van der Waals surface area contributed by atoms with Crippen molar-refractivity contribution in [3.63, 3.8) is 0 Å². The van der Waals surface area contributed by atoms with E-state index in [1.165, 1.54) is 6.26 Å². The van der Waals surface area contributed by atoms with E-state index in [4.69, 9.17) is 5.73 Å². The Morgan fingerprint density at radius 1 is 1.30 bits per heavy atom. The van der Waals surface area contributed by atoms with E-state index in [0.717, 1.165) is 25.2 Å². The molecule has 0 saturated carbocycles. The molecule has 1 aliphatic rings. The second-order valence-corrected chi connectivity index (χ2v) is 8.81. The summed E-state index contributed by atoms with van der Waals surface area (Å²) in [6.45, 7) is 8.74. The normalized spacial score (nSPS) is 20.4. The van der Waals surface area contributed by atoms with Crippen molar-refractivity contribution in [3.05, 3.63) is 18.2 Å². The zero-order valence-corrected chi connectivity index (χ0v) is 13.5. The van der Waals surface area contributed by atoms with Gasteiger partial charge < -0.3 is 10.6 Å². The summed E-state index contributed by atoms with van der Waals surface area (Å²) in [6, 6.07) is 5.04. The zero-order chi connectivity index (χ0) is 15.1. The second kappa shape index (κ2) is 4.95. The van der Waals surface area contributed by atoms with Gasteiger partial charge in [-0.05, 0) is 36.0 Å². The minimum absolute atomic E-state index is 0.283. The molecule has 0 bridgehead atoms. The minimum Gasteiger partial charge on any atom is -0.397 e. The molecule has 1 atom stereocenters. The van der Waals surface area contributed by atoms with Crippen LogP contribution in [-0.4, -0.2) is 27.8 Å². The summed E-state index contributed by atoms with van der Waals surface area (Å²) in [5, 5.41) is 0. The highest BCUT2D eigenvalue weighted by Gasteiger charge is 2.32. The summed E-state index contributed by atoms with van der Waals surface area (Å²) in [7, 11) is -3.20. The molecule has 1 saturated heterocycles. The van der Waals surface area contributed by atoms with Crippen LogP contribution in [-0.2, 0) is 9.84 Å². The van der Waals surface area contributed by atoms with Gasteiger partial charge in [0.05, 0.1) is 16.3 Å². The van der Waals surface area contributed by atoms with Gasteiger partial charge in [0.15, 0.2) is 9.84 Å². The number of benzene rings is 1. The largest absolute Gasteiger partial charge is 0.397 e. The lowest BCUT2D eigenvalue weighted by Gasteiger charge is -2.28. The van der Waals surface area contributed by atoms with Gasteiger partial charge in [-0.2, -0.15) is 0 Å². The fraction of sp³-hybridized carbons (Fsp3) is 0.600. The molecule has 1 aromatic carbocycles. The first-order valence-electron chi connectivity index (χ1n) is 6.93. The third kappa shape index (κ3) is 3.08. The molecule has 0 spiro atoms. The topological polar surface area (TPSA) is 63.4 Å². The van der Waals surface area contributed by atoms with Crippen LogP contribution >= 0.6 is 0 Å². The van der Waals surface area contributed by atoms with Gasteiger partial charge in [0.2, 0.25) is 0 Å². The predicted octanol–water partition coefficient (Wildman–Crippen LogP) is 2.54. The van der Waals surface area contributed by atoms with Gasteiger partial charge in [-0.15, -0.1) is 0 Å². The first-order valence-corrected chi connectivity index (χ1v) is 8.83. The van der Waals surface area contributed by atoms with Crippen LogP contribution in [0, 0.1) is 11.3 Å². The first kappa shape index (κ1) is 15.2. The van der Waals surface area contributed by atoms with Crippen molar-refractivity contribution in [2.24, 2.45) is 11.3 Å². The summed E-state index contributed by atoms with van der Waals surface area (Å²) in [5.41, 5.74) is 7.83. The maximum Gasteiger partial charge on any atom is 0.175 e. The third-order valence-electron chi connectivity index (χ3n) is 4.18. The Bertz CT molecular complexity index is 603. The number of nitrogen functional groups attached to an aromatic ring is 1. The van der Waals surface area contributed by atoms with Crippen molar-refractivity contribution < 1.29 is 8.42 Å². The summed E-state index contributed by atoms with van der Waals surface area (Å²) in [4.78, 5) is 2.54. The van der Waals surface area contributed by atoms with Gasteiger partial charge in [0, 0.05) is 19.3 Å². The molecular formula is C15H24N2O2S. The fourth-order valence-electron chi connectivity index (χ4n) is 2.74. The Morgan fingerprint density at radius 3 is 2.40 bits per heavy atom. The molecule has 2 N–H and O–H groups in total. The highest BCUT2D eigenvalue weighted by molar-refractivity contribution is 7.90. The Hall–Kier alpha value is -1.23. The van der Waals surface area contributed by atoms with Crippen molar-refractivity contribution in [2.45, 2.75) is 32.1 Å². The molecule has 20 heavy (non-hydrogen) atoms. The van der Waals surface area contributed by atoms with Crippen LogP contribution in [0.5, 0.6) is 0 Å². The Balaban J connectivity index is 2.24. The van der Waals surface area contributed by atoms with E-state index in [9.17, 15) is 8.42 Å². The van der Waals surface area contributed by atoms with Crippen molar-refractivity contribution >= 4 is 21.2 Å². The Morgan fingerprint density at radius 2 is 1.95 bits per heavy atom. The molecule has 4 nitrogen and oxygen atoms in total. The van der Waals surface area contributed by atoms with Crippen molar-refractivity contribution in [2.75, 3.05) is 30.0 Å². The number of rotatable bonds is 2. The molecule has 112 valence electrons. The van der Waals surface area contributed by atoms with E-state index in [2.05, 4.69) is 25.7 Å². The highest BCUT2D eigenvalue weighted by atomic mass is 32.2. The highest BCUT2D eigenvalue weighted by Crippen LogP contribution is 2.37. The van der Waals surface area contributed by atoms with Gasteiger partial charge >= 0.3 is 0 Å². The van der Waals surface area contributed by atoms with Crippen molar-refractivity contribution in [3.8, 4) is 0 Å². The molecule has 1 heterocycles. The molecular weight excluding hydrogens is 272 g/mol. The predicted molar refractivity (Wildman–Crippen MR) is 83.7 cm³/mol.